The molecule has 59 heavy (non-hydrogen) atoms. The molecule has 5 aliphatic rings. The first-order valence-corrected chi connectivity index (χ1v) is 21.6. The van der Waals surface area contributed by atoms with Gasteiger partial charge in [-0.1, -0.05) is 0 Å². The van der Waals surface area contributed by atoms with Gasteiger partial charge < -0.3 is 19.3 Å². The van der Waals surface area contributed by atoms with Crippen LogP contribution >= 0.6 is 0 Å². The van der Waals surface area contributed by atoms with Crippen molar-refractivity contribution in [3.8, 4) is 17.1 Å². The van der Waals surface area contributed by atoms with Crippen LogP contribution in [0.25, 0.3) is 33.3 Å². The smallest absolute Gasteiger partial charge is 0.329 e. The molecule has 15 heteroatoms. The Labute approximate surface area is 343 Å². The molecular weight excluding hydrogens is 749 g/mol. The Bertz CT molecular complexity index is 2430. The Hall–Kier alpha value is -5.28. The summed E-state index contributed by atoms with van der Waals surface area (Å²) in [7, 11) is 1.73. The van der Waals surface area contributed by atoms with E-state index >= 15 is 0 Å². The Balaban J connectivity index is 0.683. The fourth-order valence-electron chi connectivity index (χ4n) is 9.74. The third-order valence-corrected chi connectivity index (χ3v) is 13.5. The van der Waals surface area contributed by atoms with Crippen LogP contribution in [-0.2, 0) is 21.4 Å². The number of benzene rings is 2. The number of piperidine rings is 2. The number of anilines is 2. The van der Waals surface area contributed by atoms with E-state index in [4.69, 9.17) is 9.47 Å². The maximum absolute atomic E-state index is 13.2. The second-order valence-corrected chi connectivity index (χ2v) is 17.7. The van der Waals surface area contributed by atoms with E-state index in [-0.39, 0.29) is 29.7 Å². The minimum Gasteiger partial charge on any atom is -0.488 e. The van der Waals surface area contributed by atoms with Crippen LogP contribution in [0.15, 0.2) is 53.6 Å². The molecular formula is C44H54N10O5. The number of H-pyrrole nitrogens is 1. The number of piperazine rings is 1. The van der Waals surface area contributed by atoms with Gasteiger partial charge in [-0.25, -0.2) is 14.8 Å². The van der Waals surface area contributed by atoms with E-state index in [0.29, 0.717) is 18.4 Å². The topological polar surface area (TPSA) is 156 Å². The number of nitrogens with one attached hydrogen (secondary N) is 2. The molecule has 2 aromatic carbocycles. The first-order valence-electron chi connectivity index (χ1n) is 21.6. The van der Waals surface area contributed by atoms with Gasteiger partial charge in [0, 0.05) is 76.4 Å². The number of aromatic amines is 1. The first kappa shape index (κ1) is 38.0. The molecule has 0 bridgehead atoms. The van der Waals surface area contributed by atoms with Gasteiger partial charge in [-0.2, -0.15) is 5.10 Å². The average molecular weight is 803 g/mol. The molecule has 10 rings (SSSR count). The molecule has 1 unspecified atom stereocenters. The van der Waals surface area contributed by atoms with Crippen LogP contribution in [-0.4, -0.2) is 110 Å². The Morgan fingerprint density at radius 2 is 1.59 bits per heavy atom. The van der Waals surface area contributed by atoms with Crippen molar-refractivity contribution >= 4 is 45.3 Å². The van der Waals surface area contributed by atoms with Gasteiger partial charge >= 0.3 is 5.69 Å². The Morgan fingerprint density at radius 1 is 0.814 bits per heavy atom. The third kappa shape index (κ3) is 7.70. The van der Waals surface area contributed by atoms with Crippen molar-refractivity contribution in [2.45, 2.75) is 95.0 Å². The SMILES string of the molecule is Cn1c(=O)n(C2CCC(=O)NC2=O)c2cc(N3CCC(OC4CCC(CN5CCN(c6cc(-c7n[nH]c8ccc(OC9(C)CC9)cc78)ncn6)CC5)CC4)CC3)ccc21. The molecule has 0 radical (unpaired) electrons. The molecule has 3 aromatic heterocycles. The van der Waals surface area contributed by atoms with Gasteiger partial charge in [-0.05, 0) is 107 Å². The van der Waals surface area contributed by atoms with Gasteiger partial charge in [0.2, 0.25) is 11.8 Å². The number of aryl methyl sites for hydroxylation is 1. The second kappa shape index (κ2) is 15.4. The molecule has 6 heterocycles. The highest BCUT2D eigenvalue weighted by Crippen LogP contribution is 2.41. The van der Waals surface area contributed by atoms with Crippen LogP contribution in [0.5, 0.6) is 5.75 Å². The number of carbonyl (C=O) groups excluding carboxylic acids is 2. The van der Waals surface area contributed by atoms with Crippen molar-refractivity contribution in [3.05, 3.63) is 59.3 Å². The maximum Gasteiger partial charge on any atom is 0.329 e. The Morgan fingerprint density at radius 3 is 2.36 bits per heavy atom. The summed E-state index contributed by atoms with van der Waals surface area (Å²) >= 11 is 0. The van der Waals surface area contributed by atoms with Crippen molar-refractivity contribution in [1.29, 1.82) is 0 Å². The van der Waals surface area contributed by atoms with E-state index in [9.17, 15) is 14.4 Å². The maximum atomic E-state index is 13.2. The summed E-state index contributed by atoms with van der Waals surface area (Å²) in [5, 5.41) is 11.2. The van der Waals surface area contributed by atoms with Gasteiger partial charge in [0.05, 0.1) is 34.5 Å². The van der Waals surface area contributed by atoms with Crippen molar-refractivity contribution < 1.29 is 19.1 Å². The number of ether oxygens (including phenoxy) is 2. The highest BCUT2D eigenvalue weighted by Gasteiger charge is 2.40. The van der Waals surface area contributed by atoms with Crippen LogP contribution in [0, 0.1) is 5.92 Å². The summed E-state index contributed by atoms with van der Waals surface area (Å²) in [4.78, 5) is 54.4. The summed E-state index contributed by atoms with van der Waals surface area (Å²) < 4.78 is 16.1. The summed E-state index contributed by atoms with van der Waals surface area (Å²) in [6.45, 7) is 8.95. The zero-order valence-corrected chi connectivity index (χ0v) is 34.1. The van der Waals surface area contributed by atoms with Crippen LogP contribution in [0.3, 0.4) is 0 Å². The van der Waals surface area contributed by atoms with E-state index in [0.717, 1.165) is 135 Å². The van der Waals surface area contributed by atoms with E-state index < -0.39 is 11.9 Å². The fraction of sp³-hybridized carbons (Fsp3) is 0.545. The number of imidazole rings is 1. The summed E-state index contributed by atoms with van der Waals surface area (Å²) in [6.07, 6.45) is 11.5. The lowest BCUT2D eigenvalue weighted by molar-refractivity contribution is -0.135. The lowest BCUT2D eigenvalue weighted by atomic mass is 9.86. The predicted molar refractivity (Wildman–Crippen MR) is 225 cm³/mol. The predicted octanol–water partition coefficient (Wildman–Crippen LogP) is 4.95. The lowest BCUT2D eigenvalue weighted by Crippen LogP contribution is -2.48. The molecule has 5 aromatic rings. The standard InChI is InChI=1S/C44H54N10O5/c1-44(15-16-44)59-32-8-9-34-33(24-32)41(49-48-34)35-25-39(46-27-45-35)53-21-19-51(20-22-53)26-28-3-6-30(7-4-28)58-31-13-17-52(18-14-31)29-5-10-36-38(23-29)54(43(57)50(36)2)37-11-12-40(55)47-42(37)56/h5,8-10,23-25,27-28,30-31,37H,3-4,6-7,11-22,26H2,1-2H3,(H,48,49)(H,47,55,56). The monoisotopic (exact) mass is 802 g/mol. The van der Waals surface area contributed by atoms with Crippen LogP contribution in [0.2, 0.25) is 0 Å². The van der Waals surface area contributed by atoms with E-state index in [1.807, 2.05) is 24.3 Å². The molecule has 0 spiro atoms. The number of rotatable bonds is 10. The number of imide groups is 1. The largest absolute Gasteiger partial charge is 0.488 e. The highest BCUT2D eigenvalue weighted by molar-refractivity contribution is 6.00. The van der Waals surface area contributed by atoms with Crippen molar-refractivity contribution in [1.82, 2.24) is 39.5 Å². The number of fused-ring (bicyclic) bond motifs is 2. The van der Waals surface area contributed by atoms with Gasteiger partial charge in [0.1, 0.15) is 35.2 Å². The zero-order chi connectivity index (χ0) is 40.3. The number of hydrogen-bond acceptors (Lipinski definition) is 11. The number of carbonyl (C=O) groups is 2. The summed E-state index contributed by atoms with van der Waals surface area (Å²) in [5.41, 5.74) is 4.86. The minimum absolute atomic E-state index is 0.0414. The lowest BCUT2D eigenvalue weighted by Gasteiger charge is -2.39. The van der Waals surface area contributed by atoms with E-state index in [1.54, 1.807) is 22.5 Å². The van der Waals surface area contributed by atoms with Crippen LogP contribution < -0.4 is 25.5 Å². The van der Waals surface area contributed by atoms with Gasteiger partial charge in [-0.3, -0.25) is 34.0 Å². The van der Waals surface area contributed by atoms with Gasteiger partial charge in [-0.15, -0.1) is 0 Å². The van der Waals surface area contributed by atoms with Crippen LogP contribution in [0.4, 0.5) is 11.5 Å². The molecule has 2 saturated carbocycles. The van der Waals surface area contributed by atoms with Crippen molar-refractivity contribution in [2.24, 2.45) is 13.0 Å². The van der Waals surface area contributed by atoms with E-state index in [2.05, 4.69) is 65.3 Å². The summed E-state index contributed by atoms with van der Waals surface area (Å²) in [6, 6.07) is 13.6. The molecule has 3 aliphatic heterocycles. The number of amides is 2. The Kier molecular flexibility index (Phi) is 9.90. The number of nitrogens with zero attached hydrogens (tertiary/aromatic N) is 8. The number of aromatic nitrogens is 6. The second-order valence-electron chi connectivity index (χ2n) is 17.7. The minimum atomic E-state index is -0.690. The third-order valence-electron chi connectivity index (χ3n) is 13.5. The number of hydrogen-bond donors (Lipinski definition) is 2. The molecule has 2 aliphatic carbocycles. The van der Waals surface area contributed by atoms with Crippen molar-refractivity contribution in [3.63, 3.8) is 0 Å². The molecule has 15 nitrogen and oxygen atoms in total. The zero-order valence-electron chi connectivity index (χ0n) is 34.1. The fourth-order valence-corrected chi connectivity index (χ4v) is 9.74. The molecule has 310 valence electrons. The van der Waals surface area contributed by atoms with E-state index in [1.165, 1.54) is 12.8 Å². The molecule has 2 N–H and O–H groups in total. The van der Waals surface area contributed by atoms with Crippen molar-refractivity contribution in [2.75, 3.05) is 55.6 Å². The molecule has 5 fully saturated rings. The van der Waals surface area contributed by atoms with Gasteiger partial charge in [0.25, 0.3) is 0 Å². The average Bonchev–Trinajstić information content (AvgIpc) is 3.73. The quantitative estimate of drug-likeness (QED) is 0.184. The first-order chi connectivity index (χ1) is 28.7. The summed E-state index contributed by atoms with van der Waals surface area (Å²) in [5.74, 6) is 1.81. The van der Waals surface area contributed by atoms with Crippen LogP contribution in [0.1, 0.15) is 77.2 Å². The molecule has 2 amide bonds. The highest BCUT2D eigenvalue weighted by atomic mass is 16.5. The normalized spacial score (nSPS) is 24.2. The molecule has 1 atom stereocenters. The van der Waals surface area contributed by atoms with Gasteiger partial charge in [0.15, 0.2) is 0 Å². The molecule has 3 saturated heterocycles.